The standard InChI is InChI=1S/C22H18ClFN4O4S/c1-31-14-8-9-19(32-2)18(12-14)27-21-22(26-17-6-4-3-5-16(17)25-21)28-33(29,30)20-10-7-13(24)11-15(20)23/h3-12H,1-2H3,(H,25,27)(H,26,28). The topological polar surface area (TPSA) is 102 Å². The summed E-state index contributed by atoms with van der Waals surface area (Å²) in [4.78, 5) is 8.65. The fourth-order valence-electron chi connectivity index (χ4n) is 3.07. The molecule has 8 nitrogen and oxygen atoms in total. The molecule has 2 N–H and O–H groups in total. The summed E-state index contributed by atoms with van der Waals surface area (Å²) >= 11 is 5.98. The third-order valence-corrected chi connectivity index (χ3v) is 6.47. The van der Waals surface area contributed by atoms with Gasteiger partial charge in [0.15, 0.2) is 11.6 Å². The molecule has 0 saturated carbocycles. The average Bonchev–Trinajstić information content (AvgIpc) is 2.78. The van der Waals surface area contributed by atoms with E-state index >= 15 is 0 Å². The van der Waals surface area contributed by atoms with E-state index in [9.17, 15) is 12.8 Å². The van der Waals surface area contributed by atoms with Crippen molar-refractivity contribution in [1.29, 1.82) is 0 Å². The Kier molecular flexibility index (Phi) is 6.21. The van der Waals surface area contributed by atoms with E-state index in [1.165, 1.54) is 14.2 Å². The normalized spacial score (nSPS) is 11.3. The van der Waals surface area contributed by atoms with Crippen LogP contribution in [0.25, 0.3) is 11.0 Å². The van der Waals surface area contributed by atoms with Gasteiger partial charge in [-0.25, -0.2) is 22.8 Å². The quantitative estimate of drug-likeness (QED) is 0.378. The summed E-state index contributed by atoms with van der Waals surface area (Å²) in [5.74, 6) is 0.395. The molecule has 0 bridgehead atoms. The van der Waals surface area contributed by atoms with Gasteiger partial charge in [0, 0.05) is 6.07 Å². The number of para-hydroxylation sites is 2. The monoisotopic (exact) mass is 488 g/mol. The number of ether oxygens (including phenoxy) is 2. The van der Waals surface area contributed by atoms with Crippen molar-refractivity contribution in [3.8, 4) is 11.5 Å². The number of hydrogen-bond donors (Lipinski definition) is 2. The zero-order valence-electron chi connectivity index (χ0n) is 17.5. The van der Waals surface area contributed by atoms with Gasteiger partial charge < -0.3 is 14.8 Å². The van der Waals surface area contributed by atoms with Gasteiger partial charge in [-0.05, 0) is 42.5 Å². The van der Waals surface area contributed by atoms with Crippen molar-refractivity contribution in [2.24, 2.45) is 0 Å². The van der Waals surface area contributed by atoms with Crippen LogP contribution in [0.1, 0.15) is 0 Å². The van der Waals surface area contributed by atoms with E-state index in [4.69, 9.17) is 21.1 Å². The first kappa shape index (κ1) is 22.6. The number of methoxy groups -OCH3 is 2. The number of nitrogens with one attached hydrogen (secondary N) is 2. The van der Waals surface area contributed by atoms with Gasteiger partial charge in [-0.3, -0.25) is 4.72 Å². The summed E-state index contributed by atoms with van der Waals surface area (Å²) in [5.41, 5.74) is 1.47. The molecular formula is C22H18ClFN4O4S. The number of nitrogens with zero attached hydrogens (tertiary/aromatic N) is 2. The maximum absolute atomic E-state index is 13.4. The van der Waals surface area contributed by atoms with Crippen molar-refractivity contribution in [3.05, 3.63) is 71.5 Å². The SMILES string of the molecule is COc1ccc(OC)c(Nc2nc3ccccc3nc2NS(=O)(=O)c2ccc(F)cc2Cl)c1. The van der Waals surface area contributed by atoms with Gasteiger partial charge in [-0.2, -0.15) is 0 Å². The van der Waals surface area contributed by atoms with Crippen molar-refractivity contribution < 1.29 is 22.3 Å². The summed E-state index contributed by atoms with van der Waals surface area (Å²) < 4.78 is 52.6. The zero-order chi connectivity index (χ0) is 23.6. The number of rotatable bonds is 7. The van der Waals surface area contributed by atoms with Gasteiger partial charge in [0.25, 0.3) is 10.0 Å². The average molecular weight is 489 g/mol. The molecule has 0 amide bonds. The predicted molar refractivity (Wildman–Crippen MR) is 125 cm³/mol. The molecule has 3 aromatic carbocycles. The second-order valence-electron chi connectivity index (χ2n) is 6.78. The molecule has 0 aliphatic carbocycles. The summed E-state index contributed by atoms with van der Waals surface area (Å²) in [6.45, 7) is 0. The second kappa shape index (κ2) is 9.08. The highest BCUT2D eigenvalue weighted by Gasteiger charge is 2.22. The summed E-state index contributed by atoms with van der Waals surface area (Å²) in [6.07, 6.45) is 0. The lowest BCUT2D eigenvalue weighted by Crippen LogP contribution is -2.16. The third kappa shape index (κ3) is 4.76. The molecule has 4 aromatic rings. The van der Waals surface area contributed by atoms with Crippen molar-refractivity contribution >= 4 is 50.0 Å². The molecule has 0 unspecified atom stereocenters. The van der Waals surface area contributed by atoms with Crippen LogP contribution >= 0.6 is 11.6 Å². The Labute approximate surface area is 194 Å². The van der Waals surface area contributed by atoms with E-state index < -0.39 is 15.8 Å². The van der Waals surface area contributed by atoms with Crippen LogP contribution in [0.15, 0.2) is 65.6 Å². The summed E-state index contributed by atoms with van der Waals surface area (Å²) in [6, 6.07) is 15.1. The summed E-state index contributed by atoms with van der Waals surface area (Å²) in [7, 11) is -1.20. The molecule has 33 heavy (non-hydrogen) atoms. The van der Waals surface area contributed by atoms with Gasteiger partial charge in [0.2, 0.25) is 0 Å². The first-order valence-corrected chi connectivity index (χ1v) is 11.4. The van der Waals surface area contributed by atoms with Crippen LogP contribution in [0.5, 0.6) is 11.5 Å². The molecule has 0 aliphatic rings. The molecule has 0 aliphatic heterocycles. The highest BCUT2D eigenvalue weighted by Crippen LogP contribution is 2.34. The fourth-order valence-corrected chi connectivity index (χ4v) is 4.61. The Bertz CT molecular complexity index is 1450. The zero-order valence-corrected chi connectivity index (χ0v) is 19.0. The van der Waals surface area contributed by atoms with Crippen molar-refractivity contribution in [1.82, 2.24) is 9.97 Å². The first-order chi connectivity index (χ1) is 15.8. The number of benzene rings is 3. The number of sulfonamides is 1. The number of anilines is 3. The molecule has 4 rings (SSSR count). The Balaban J connectivity index is 1.82. The molecule has 0 radical (unpaired) electrons. The maximum Gasteiger partial charge on any atom is 0.264 e. The number of fused-ring (bicyclic) bond motifs is 1. The number of hydrogen-bond acceptors (Lipinski definition) is 7. The minimum atomic E-state index is -4.22. The van der Waals surface area contributed by atoms with E-state index in [1.807, 2.05) is 0 Å². The smallest absolute Gasteiger partial charge is 0.264 e. The van der Waals surface area contributed by atoms with Crippen LogP contribution < -0.4 is 19.5 Å². The van der Waals surface area contributed by atoms with Crippen LogP contribution in [0.4, 0.5) is 21.7 Å². The summed E-state index contributed by atoms with van der Waals surface area (Å²) in [5, 5.41) is 2.79. The van der Waals surface area contributed by atoms with Crippen LogP contribution in [0, 0.1) is 5.82 Å². The van der Waals surface area contributed by atoms with E-state index in [-0.39, 0.29) is 21.6 Å². The maximum atomic E-state index is 13.4. The predicted octanol–water partition coefficient (Wildman–Crippen LogP) is 4.98. The molecule has 170 valence electrons. The molecule has 0 atom stereocenters. The molecule has 0 fully saturated rings. The Morgan fingerprint density at radius 1 is 0.909 bits per heavy atom. The lowest BCUT2D eigenvalue weighted by Gasteiger charge is -2.16. The third-order valence-electron chi connectivity index (χ3n) is 4.64. The van der Waals surface area contributed by atoms with Gasteiger partial charge in [0.1, 0.15) is 22.2 Å². The lowest BCUT2D eigenvalue weighted by molar-refractivity contribution is 0.405. The van der Waals surface area contributed by atoms with E-state index in [1.54, 1.807) is 42.5 Å². The van der Waals surface area contributed by atoms with E-state index in [2.05, 4.69) is 20.0 Å². The molecular weight excluding hydrogens is 471 g/mol. The number of halogens is 2. The minimum absolute atomic E-state index is 0.0843. The van der Waals surface area contributed by atoms with Crippen LogP contribution in [-0.2, 0) is 10.0 Å². The van der Waals surface area contributed by atoms with Gasteiger partial charge in [0.05, 0.1) is 36.0 Å². The van der Waals surface area contributed by atoms with E-state index in [0.29, 0.717) is 28.2 Å². The molecule has 0 spiro atoms. The molecule has 1 heterocycles. The van der Waals surface area contributed by atoms with Crippen LogP contribution in [0.3, 0.4) is 0 Å². The molecule has 1 aromatic heterocycles. The highest BCUT2D eigenvalue weighted by molar-refractivity contribution is 7.92. The second-order valence-corrected chi connectivity index (χ2v) is 8.84. The van der Waals surface area contributed by atoms with Crippen LogP contribution in [-0.4, -0.2) is 32.6 Å². The van der Waals surface area contributed by atoms with Crippen molar-refractivity contribution in [3.63, 3.8) is 0 Å². The Morgan fingerprint density at radius 3 is 2.24 bits per heavy atom. The molecule has 0 saturated heterocycles. The molecule has 11 heteroatoms. The van der Waals surface area contributed by atoms with Crippen molar-refractivity contribution in [2.45, 2.75) is 4.90 Å². The van der Waals surface area contributed by atoms with Gasteiger partial charge >= 0.3 is 0 Å². The largest absolute Gasteiger partial charge is 0.497 e. The van der Waals surface area contributed by atoms with Crippen molar-refractivity contribution in [2.75, 3.05) is 24.3 Å². The Hall–Kier alpha value is -3.63. The lowest BCUT2D eigenvalue weighted by atomic mass is 10.2. The highest BCUT2D eigenvalue weighted by atomic mass is 35.5. The van der Waals surface area contributed by atoms with Gasteiger partial charge in [-0.15, -0.1) is 0 Å². The number of aromatic nitrogens is 2. The van der Waals surface area contributed by atoms with Gasteiger partial charge in [-0.1, -0.05) is 23.7 Å². The van der Waals surface area contributed by atoms with Crippen LogP contribution in [0.2, 0.25) is 5.02 Å². The first-order valence-electron chi connectivity index (χ1n) is 9.54. The minimum Gasteiger partial charge on any atom is -0.497 e. The fraction of sp³-hybridized carbons (Fsp3) is 0.0909. The van der Waals surface area contributed by atoms with E-state index in [0.717, 1.165) is 18.2 Å². The Morgan fingerprint density at radius 2 is 1.61 bits per heavy atom.